The Morgan fingerprint density at radius 3 is 3.05 bits per heavy atom. The van der Waals surface area contributed by atoms with Crippen molar-refractivity contribution in [2.75, 3.05) is 32.0 Å². The van der Waals surface area contributed by atoms with Crippen molar-refractivity contribution in [1.82, 2.24) is 4.90 Å². The third kappa shape index (κ3) is 4.45. The highest BCUT2D eigenvalue weighted by molar-refractivity contribution is 8.00. The number of nitriles is 1. The Kier molecular flexibility index (Phi) is 4.73. The molecule has 0 amide bonds. The first-order valence-corrected chi connectivity index (χ1v) is 7.57. The summed E-state index contributed by atoms with van der Waals surface area (Å²) >= 11 is 2.04. The SMILES string of the molecule is CC1(C)CN(CCOc2cccc(C#N)c2)CCS1. The molecule has 1 aromatic rings. The summed E-state index contributed by atoms with van der Waals surface area (Å²) in [7, 11) is 0. The minimum Gasteiger partial charge on any atom is -0.492 e. The molecule has 1 aliphatic rings. The number of thioether (sulfide) groups is 1. The summed E-state index contributed by atoms with van der Waals surface area (Å²) in [6.07, 6.45) is 0. The Hall–Kier alpha value is -1.18. The van der Waals surface area contributed by atoms with Gasteiger partial charge in [-0.1, -0.05) is 6.07 Å². The Morgan fingerprint density at radius 1 is 1.47 bits per heavy atom. The van der Waals surface area contributed by atoms with Crippen molar-refractivity contribution in [3.8, 4) is 11.8 Å². The second kappa shape index (κ2) is 6.31. The highest BCUT2D eigenvalue weighted by Crippen LogP contribution is 2.29. The van der Waals surface area contributed by atoms with Crippen molar-refractivity contribution in [3.05, 3.63) is 29.8 Å². The maximum atomic E-state index is 8.83. The van der Waals surface area contributed by atoms with Crippen molar-refractivity contribution >= 4 is 11.8 Å². The fraction of sp³-hybridized carbons (Fsp3) is 0.533. The predicted octanol–water partition coefficient (Wildman–Crippen LogP) is 2.76. The molecule has 3 nitrogen and oxygen atoms in total. The number of hydrogen-bond acceptors (Lipinski definition) is 4. The zero-order valence-electron chi connectivity index (χ0n) is 11.6. The van der Waals surface area contributed by atoms with Gasteiger partial charge in [0.25, 0.3) is 0 Å². The average Bonchev–Trinajstić information content (AvgIpc) is 2.38. The van der Waals surface area contributed by atoms with Crippen LogP contribution in [-0.2, 0) is 0 Å². The van der Waals surface area contributed by atoms with E-state index in [0.29, 0.717) is 16.9 Å². The van der Waals surface area contributed by atoms with E-state index in [-0.39, 0.29) is 0 Å². The van der Waals surface area contributed by atoms with E-state index < -0.39 is 0 Å². The predicted molar refractivity (Wildman–Crippen MR) is 79.6 cm³/mol. The molecular formula is C15H20N2OS. The molecule has 1 heterocycles. The van der Waals surface area contributed by atoms with Crippen molar-refractivity contribution < 1.29 is 4.74 Å². The molecule has 0 aliphatic carbocycles. The smallest absolute Gasteiger partial charge is 0.120 e. The van der Waals surface area contributed by atoms with Gasteiger partial charge in [0, 0.05) is 30.1 Å². The zero-order chi connectivity index (χ0) is 13.7. The molecule has 0 saturated carbocycles. The molecular weight excluding hydrogens is 256 g/mol. The number of nitrogens with zero attached hydrogens (tertiary/aromatic N) is 2. The molecule has 1 aromatic carbocycles. The van der Waals surface area contributed by atoms with E-state index in [1.165, 1.54) is 5.75 Å². The first kappa shape index (κ1) is 14.2. The van der Waals surface area contributed by atoms with Crippen molar-refractivity contribution in [2.24, 2.45) is 0 Å². The van der Waals surface area contributed by atoms with Crippen LogP contribution >= 0.6 is 11.8 Å². The molecule has 0 radical (unpaired) electrons. The van der Waals surface area contributed by atoms with Gasteiger partial charge in [0.05, 0.1) is 11.6 Å². The Balaban J connectivity index is 1.78. The lowest BCUT2D eigenvalue weighted by Crippen LogP contribution is -2.44. The van der Waals surface area contributed by atoms with Crippen LogP contribution < -0.4 is 4.74 Å². The molecule has 0 spiro atoms. The van der Waals surface area contributed by atoms with Crippen molar-refractivity contribution in [1.29, 1.82) is 5.26 Å². The summed E-state index contributed by atoms with van der Waals surface area (Å²) in [5.41, 5.74) is 0.646. The van der Waals surface area contributed by atoms with Gasteiger partial charge in [-0.2, -0.15) is 17.0 Å². The lowest BCUT2D eigenvalue weighted by Gasteiger charge is -2.37. The fourth-order valence-electron chi connectivity index (χ4n) is 2.25. The number of benzene rings is 1. The van der Waals surface area contributed by atoms with Crippen LogP contribution in [0, 0.1) is 11.3 Å². The molecule has 0 unspecified atom stereocenters. The molecule has 1 fully saturated rings. The summed E-state index contributed by atoms with van der Waals surface area (Å²) in [6, 6.07) is 9.46. The maximum Gasteiger partial charge on any atom is 0.120 e. The number of rotatable bonds is 4. The lowest BCUT2D eigenvalue weighted by molar-refractivity contribution is 0.202. The normalized spacial score (nSPS) is 18.8. The van der Waals surface area contributed by atoms with E-state index in [2.05, 4.69) is 24.8 Å². The highest BCUT2D eigenvalue weighted by atomic mass is 32.2. The van der Waals surface area contributed by atoms with Crippen LogP contribution in [0.2, 0.25) is 0 Å². The first-order valence-electron chi connectivity index (χ1n) is 6.58. The summed E-state index contributed by atoms with van der Waals surface area (Å²) < 4.78 is 6.07. The topological polar surface area (TPSA) is 36.3 Å². The standard InChI is InChI=1S/C15H20N2OS/c1-15(2)12-17(7-9-19-15)6-8-18-14-5-3-4-13(10-14)11-16/h3-5,10H,6-9,12H2,1-2H3. The second-order valence-corrected chi connectivity index (χ2v) is 7.17. The monoisotopic (exact) mass is 276 g/mol. The van der Waals surface area contributed by atoms with Crippen LogP contribution in [0.15, 0.2) is 24.3 Å². The highest BCUT2D eigenvalue weighted by Gasteiger charge is 2.26. The molecule has 0 atom stereocenters. The quantitative estimate of drug-likeness (QED) is 0.847. The third-order valence-electron chi connectivity index (χ3n) is 3.14. The van der Waals surface area contributed by atoms with E-state index in [1.807, 2.05) is 23.9 Å². The van der Waals surface area contributed by atoms with Gasteiger partial charge < -0.3 is 4.74 Å². The third-order valence-corrected chi connectivity index (χ3v) is 4.44. The van der Waals surface area contributed by atoms with Gasteiger partial charge in [0.2, 0.25) is 0 Å². The molecule has 0 N–H and O–H groups in total. The van der Waals surface area contributed by atoms with Gasteiger partial charge in [-0.05, 0) is 32.0 Å². The van der Waals surface area contributed by atoms with E-state index >= 15 is 0 Å². The summed E-state index contributed by atoms with van der Waals surface area (Å²) in [4.78, 5) is 2.45. The summed E-state index contributed by atoms with van der Waals surface area (Å²) in [6.45, 7) is 8.45. The van der Waals surface area contributed by atoms with Gasteiger partial charge in [0.1, 0.15) is 12.4 Å². The minimum atomic E-state index is 0.346. The van der Waals surface area contributed by atoms with E-state index in [9.17, 15) is 0 Å². The molecule has 19 heavy (non-hydrogen) atoms. The van der Waals surface area contributed by atoms with Gasteiger partial charge in [0.15, 0.2) is 0 Å². The van der Waals surface area contributed by atoms with Crippen LogP contribution in [0.4, 0.5) is 0 Å². The zero-order valence-corrected chi connectivity index (χ0v) is 12.4. The molecule has 0 bridgehead atoms. The molecule has 1 aliphatic heterocycles. The van der Waals surface area contributed by atoms with E-state index in [4.69, 9.17) is 10.00 Å². The van der Waals surface area contributed by atoms with Gasteiger partial charge in [-0.3, -0.25) is 4.90 Å². The second-order valence-electron chi connectivity index (χ2n) is 5.37. The van der Waals surface area contributed by atoms with Gasteiger partial charge >= 0.3 is 0 Å². The van der Waals surface area contributed by atoms with E-state index in [1.54, 1.807) is 12.1 Å². The lowest BCUT2D eigenvalue weighted by atomic mass is 10.2. The Labute approximate surface area is 119 Å². The van der Waals surface area contributed by atoms with Crippen molar-refractivity contribution in [2.45, 2.75) is 18.6 Å². The minimum absolute atomic E-state index is 0.346. The maximum absolute atomic E-state index is 8.83. The van der Waals surface area contributed by atoms with Crippen LogP contribution in [0.25, 0.3) is 0 Å². The summed E-state index contributed by atoms with van der Waals surface area (Å²) in [5.74, 6) is 1.97. The van der Waals surface area contributed by atoms with Crippen LogP contribution in [-0.4, -0.2) is 41.6 Å². The molecule has 1 saturated heterocycles. The fourth-order valence-corrected chi connectivity index (χ4v) is 3.43. The number of ether oxygens (including phenoxy) is 1. The van der Waals surface area contributed by atoms with Crippen LogP contribution in [0.5, 0.6) is 5.75 Å². The Bertz CT molecular complexity index is 467. The molecule has 4 heteroatoms. The van der Waals surface area contributed by atoms with Crippen LogP contribution in [0.3, 0.4) is 0 Å². The van der Waals surface area contributed by atoms with Crippen molar-refractivity contribution in [3.63, 3.8) is 0 Å². The average molecular weight is 276 g/mol. The van der Waals surface area contributed by atoms with E-state index in [0.717, 1.165) is 25.4 Å². The molecule has 102 valence electrons. The number of hydrogen-bond donors (Lipinski definition) is 0. The Morgan fingerprint density at radius 2 is 2.32 bits per heavy atom. The van der Waals surface area contributed by atoms with Gasteiger partial charge in [-0.25, -0.2) is 0 Å². The van der Waals surface area contributed by atoms with Gasteiger partial charge in [-0.15, -0.1) is 0 Å². The van der Waals surface area contributed by atoms with Crippen LogP contribution in [0.1, 0.15) is 19.4 Å². The largest absolute Gasteiger partial charge is 0.492 e. The first-order chi connectivity index (χ1) is 9.09. The molecule has 2 rings (SSSR count). The summed E-state index contributed by atoms with van der Waals surface area (Å²) in [5, 5.41) is 8.83. The molecule has 0 aromatic heterocycles.